The van der Waals surface area contributed by atoms with Crippen LogP contribution in [-0.4, -0.2) is 18.1 Å². The highest BCUT2D eigenvalue weighted by molar-refractivity contribution is 5.81. The van der Waals surface area contributed by atoms with E-state index in [1.54, 1.807) is 0 Å². The summed E-state index contributed by atoms with van der Waals surface area (Å²) < 4.78 is 6.08. The van der Waals surface area contributed by atoms with Gasteiger partial charge in [-0.25, -0.2) is 0 Å². The Kier molecular flexibility index (Phi) is 6.25. The van der Waals surface area contributed by atoms with Crippen molar-refractivity contribution >= 4 is 5.91 Å². The Labute approximate surface area is 133 Å². The Hall–Kier alpha value is -1.55. The normalized spacial score (nSPS) is 16.7. The van der Waals surface area contributed by atoms with Gasteiger partial charge in [-0.3, -0.25) is 4.79 Å². The number of benzene rings is 1. The van der Waals surface area contributed by atoms with Crippen LogP contribution in [-0.2, 0) is 11.3 Å². The van der Waals surface area contributed by atoms with Gasteiger partial charge < -0.3 is 15.8 Å². The molecule has 0 heterocycles. The Morgan fingerprint density at radius 2 is 2.00 bits per heavy atom. The monoisotopic (exact) mass is 304 g/mol. The van der Waals surface area contributed by atoms with Crippen molar-refractivity contribution in [3.63, 3.8) is 0 Å². The van der Waals surface area contributed by atoms with Gasteiger partial charge in [0, 0.05) is 12.1 Å². The van der Waals surface area contributed by atoms with Crippen LogP contribution in [0.2, 0.25) is 0 Å². The zero-order valence-corrected chi connectivity index (χ0v) is 13.7. The highest BCUT2D eigenvalue weighted by Gasteiger charge is 2.19. The van der Waals surface area contributed by atoms with Crippen LogP contribution >= 0.6 is 0 Å². The number of nitrogens with one attached hydrogen (secondary N) is 1. The van der Waals surface area contributed by atoms with Gasteiger partial charge in [-0.1, -0.05) is 32.0 Å². The van der Waals surface area contributed by atoms with E-state index in [1.165, 1.54) is 12.8 Å². The van der Waals surface area contributed by atoms with Crippen molar-refractivity contribution in [3.8, 4) is 5.75 Å². The maximum absolute atomic E-state index is 12.0. The fourth-order valence-electron chi connectivity index (χ4n) is 2.88. The summed E-state index contributed by atoms with van der Waals surface area (Å²) in [4.78, 5) is 12.0. The number of carbonyl (C=O) groups is 1. The predicted octanol–water partition coefficient (Wildman–Crippen LogP) is 3.00. The number of hydrogen-bond donors (Lipinski definition) is 2. The SMILES string of the molecule is CC(C)C[C@H](N)C(=O)NCc1ccccc1OC1CCCC1. The second-order valence-electron chi connectivity index (χ2n) is 6.59. The maximum Gasteiger partial charge on any atom is 0.237 e. The number of amides is 1. The van der Waals surface area contributed by atoms with Crippen LogP contribution in [0.5, 0.6) is 5.75 Å². The molecular formula is C18H28N2O2. The molecule has 0 spiro atoms. The topological polar surface area (TPSA) is 64.4 Å². The molecule has 4 nitrogen and oxygen atoms in total. The molecule has 0 radical (unpaired) electrons. The lowest BCUT2D eigenvalue weighted by atomic mass is 10.0. The number of hydrogen-bond acceptors (Lipinski definition) is 3. The summed E-state index contributed by atoms with van der Waals surface area (Å²) in [5.41, 5.74) is 6.92. The summed E-state index contributed by atoms with van der Waals surface area (Å²) in [7, 11) is 0. The standard InChI is InChI=1S/C18H28N2O2/c1-13(2)11-16(19)18(21)20-12-14-7-3-6-10-17(14)22-15-8-4-5-9-15/h3,6-7,10,13,15-16H,4-5,8-9,11-12,19H2,1-2H3,(H,20,21)/t16-/m0/s1. The summed E-state index contributed by atoms with van der Waals surface area (Å²) in [6.45, 7) is 4.60. The van der Waals surface area contributed by atoms with Gasteiger partial charge in [0.2, 0.25) is 5.91 Å². The van der Waals surface area contributed by atoms with Crippen molar-refractivity contribution in [1.82, 2.24) is 5.32 Å². The number of rotatable bonds is 7. The average molecular weight is 304 g/mol. The van der Waals surface area contributed by atoms with Crippen molar-refractivity contribution in [1.29, 1.82) is 0 Å². The van der Waals surface area contributed by atoms with E-state index in [4.69, 9.17) is 10.5 Å². The van der Waals surface area contributed by atoms with Gasteiger partial charge in [0.1, 0.15) is 5.75 Å². The van der Waals surface area contributed by atoms with Crippen LogP contribution in [0.1, 0.15) is 51.5 Å². The van der Waals surface area contributed by atoms with Crippen LogP contribution in [0, 0.1) is 5.92 Å². The average Bonchev–Trinajstić information content (AvgIpc) is 2.98. The third kappa shape index (κ3) is 5.02. The Morgan fingerprint density at radius 3 is 2.68 bits per heavy atom. The molecule has 2 rings (SSSR count). The molecule has 122 valence electrons. The Morgan fingerprint density at radius 1 is 1.32 bits per heavy atom. The second-order valence-corrected chi connectivity index (χ2v) is 6.59. The molecule has 3 N–H and O–H groups in total. The minimum atomic E-state index is -0.442. The van der Waals surface area contributed by atoms with E-state index in [9.17, 15) is 4.79 Å². The molecule has 1 fully saturated rings. The van der Waals surface area contributed by atoms with E-state index in [0.717, 1.165) is 24.2 Å². The van der Waals surface area contributed by atoms with E-state index in [2.05, 4.69) is 19.2 Å². The van der Waals surface area contributed by atoms with Gasteiger partial charge in [0.25, 0.3) is 0 Å². The van der Waals surface area contributed by atoms with E-state index in [-0.39, 0.29) is 5.91 Å². The van der Waals surface area contributed by atoms with Gasteiger partial charge in [-0.05, 0) is 44.1 Å². The first-order valence-electron chi connectivity index (χ1n) is 8.34. The molecule has 1 atom stereocenters. The molecule has 0 aliphatic heterocycles. The Bertz CT molecular complexity index is 482. The first kappa shape index (κ1) is 16.8. The molecule has 0 aromatic heterocycles. The predicted molar refractivity (Wildman–Crippen MR) is 88.6 cm³/mol. The van der Waals surface area contributed by atoms with Crippen molar-refractivity contribution < 1.29 is 9.53 Å². The smallest absolute Gasteiger partial charge is 0.237 e. The van der Waals surface area contributed by atoms with E-state index < -0.39 is 6.04 Å². The summed E-state index contributed by atoms with van der Waals surface area (Å²) in [6, 6.07) is 7.48. The number of para-hydroxylation sites is 1. The Balaban J connectivity index is 1.90. The van der Waals surface area contributed by atoms with E-state index in [0.29, 0.717) is 25.0 Å². The third-order valence-electron chi connectivity index (χ3n) is 4.08. The molecule has 1 amide bonds. The van der Waals surface area contributed by atoms with Crippen LogP contribution in [0.4, 0.5) is 0 Å². The highest BCUT2D eigenvalue weighted by Crippen LogP contribution is 2.26. The number of ether oxygens (including phenoxy) is 1. The van der Waals surface area contributed by atoms with Crippen molar-refractivity contribution in [2.24, 2.45) is 11.7 Å². The molecule has 0 bridgehead atoms. The fourth-order valence-corrected chi connectivity index (χ4v) is 2.88. The van der Waals surface area contributed by atoms with Crippen LogP contribution in [0.15, 0.2) is 24.3 Å². The highest BCUT2D eigenvalue weighted by atomic mass is 16.5. The molecule has 1 aliphatic rings. The molecule has 0 unspecified atom stereocenters. The summed E-state index contributed by atoms with van der Waals surface area (Å²) >= 11 is 0. The van der Waals surface area contributed by atoms with Gasteiger partial charge in [-0.2, -0.15) is 0 Å². The maximum atomic E-state index is 12.0. The van der Waals surface area contributed by atoms with Gasteiger partial charge >= 0.3 is 0 Å². The van der Waals surface area contributed by atoms with Gasteiger partial charge in [-0.15, -0.1) is 0 Å². The molecule has 1 aromatic carbocycles. The zero-order chi connectivity index (χ0) is 15.9. The van der Waals surface area contributed by atoms with Crippen LogP contribution in [0.25, 0.3) is 0 Å². The lowest BCUT2D eigenvalue weighted by Gasteiger charge is -2.18. The second kappa shape index (κ2) is 8.18. The molecule has 0 saturated heterocycles. The van der Waals surface area contributed by atoms with E-state index in [1.807, 2.05) is 24.3 Å². The molecule has 22 heavy (non-hydrogen) atoms. The number of nitrogens with two attached hydrogens (primary N) is 1. The lowest BCUT2D eigenvalue weighted by molar-refractivity contribution is -0.122. The quantitative estimate of drug-likeness (QED) is 0.814. The van der Waals surface area contributed by atoms with Crippen molar-refractivity contribution in [2.75, 3.05) is 0 Å². The fraction of sp³-hybridized carbons (Fsp3) is 0.611. The molecular weight excluding hydrogens is 276 g/mol. The van der Waals surface area contributed by atoms with Gasteiger partial charge in [0.05, 0.1) is 12.1 Å². The molecule has 1 aliphatic carbocycles. The molecule has 1 aromatic rings. The van der Waals surface area contributed by atoms with E-state index >= 15 is 0 Å². The summed E-state index contributed by atoms with van der Waals surface area (Å²) in [5, 5.41) is 2.93. The first-order chi connectivity index (χ1) is 10.6. The van der Waals surface area contributed by atoms with Crippen molar-refractivity contribution in [3.05, 3.63) is 29.8 Å². The minimum absolute atomic E-state index is 0.0932. The molecule has 1 saturated carbocycles. The third-order valence-corrected chi connectivity index (χ3v) is 4.08. The lowest BCUT2D eigenvalue weighted by Crippen LogP contribution is -2.41. The van der Waals surface area contributed by atoms with Crippen molar-refractivity contribution in [2.45, 2.75) is 64.6 Å². The summed E-state index contributed by atoms with van der Waals surface area (Å²) in [5.74, 6) is 1.20. The summed E-state index contributed by atoms with van der Waals surface area (Å²) in [6.07, 6.45) is 5.76. The number of carbonyl (C=O) groups excluding carboxylic acids is 1. The van der Waals surface area contributed by atoms with Crippen LogP contribution < -0.4 is 15.8 Å². The van der Waals surface area contributed by atoms with Gasteiger partial charge in [0.15, 0.2) is 0 Å². The first-order valence-corrected chi connectivity index (χ1v) is 8.34. The largest absolute Gasteiger partial charge is 0.490 e. The molecule has 4 heteroatoms. The van der Waals surface area contributed by atoms with Crippen LogP contribution in [0.3, 0.4) is 0 Å². The minimum Gasteiger partial charge on any atom is -0.490 e. The zero-order valence-electron chi connectivity index (χ0n) is 13.7.